The van der Waals surface area contributed by atoms with E-state index in [1.54, 1.807) is 24.3 Å². The SMILES string of the molecule is COC(=O)COc1c(Br)cc(/C=C2\C(=O)NC(=O)N(c3cc(C)cc(C)c3)C2=O)cc1Br. The van der Waals surface area contributed by atoms with Crippen LogP contribution in [0.15, 0.2) is 44.9 Å². The van der Waals surface area contributed by atoms with Gasteiger partial charge in [0.25, 0.3) is 11.8 Å². The minimum absolute atomic E-state index is 0.203. The molecular formula is C22H18Br2N2O6. The zero-order valence-corrected chi connectivity index (χ0v) is 20.5. The highest BCUT2D eigenvalue weighted by Gasteiger charge is 2.37. The fraction of sp³-hybridized carbons (Fsp3) is 0.182. The van der Waals surface area contributed by atoms with Crippen molar-refractivity contribution < 1.29 is 28.7 Å². The van der Waals surface area contributed by atoms with Gasteiger partial charge in [-0.05, 0) is 92.7 Å². The Balaban J connectivity index is 1.96. The quantitative estimate of drug-likeness (QED) is 0.333. The van der Waals surface area contributed by atoms with Crippen LogP contribution < -0.4 is 15.0 Å². The molecule has 0 radical (unpaired) electrons. The Morgan fingerprint density at radius 3 is 2.19 bits per heavy atom. The summed E-state index contributed by atoms with van der Waals surface area (Å²) in [6.45, 7) is 3.41. The van der Waals surface area contributed by atoms with Crippen molar-refractivity contribution in [1.82, 2.24) is 5.32 Å². The van der Waals surface area contributed by atoms with Crippen LogP contribution >= 0.6 is 31.9 Å². The van der Waals surface area contributed by atoms with Gasteiger partial charge in [-0.2, -0.15) is 0 Å². The number of halogens is 2. The van der Waals surface area contributed by atoms with Crippen LogP contribution in [0.2, 0.25) is 0 Å². The summed E-state index contributed by atoms with van der Waals surface area (Å²) >= 11 is 6.71. The standard InChI is InChI=1S/C22H18Br2N2O6/c1-11-4-12(2)6-14(5-11)26-21(29)15(20(28)25-22(26)30)7-13-8-16(23)19(17(24)9-13)32-10-18(27)31-3/h4-9H,10H2,1-3H3,(H,25,28,30)/b15-7+. The molecule has 32 heavy (non-hydrogen) atoms. The molecule has 3 rings (SSSR count). The van der Waals surface area contributed by atoms with Crippen molar-refractivity contribution in [3.05, 3.63) is 61.5 Å². The van der Waals surface area contributed by atoms with Crippen molar-refractivity contribution in [2.45, 2.75) is 13.8 Å². The van der Waals surface area contributed by atoms with E-state index in [0.717, 1.165) is 16.0 Å². The maximum atomic E-state index is 13.1. The first-order chi connectivity index (χ1) is 15.1. The van der Waals surface area contributed by atoms with Crippen LogP contribution in [0, 0.1) is 13.8 Å². The predicted molar refractivity (Wildman–Crippen MR) is 124 cm³/mol. The van der Waals surface area contributed by atoms with Crippen LogP contribution in [0.3, 0.4) is 0 Å². The van der Waals surface area contributed by atoms with E-state index in [1.807, 2.05) is 19.9 Å². The van der Waals surface area contributed by atoms with Gasteiger partial charge in [0.2, 0.25) is 0 Å². The number of imide groups is 2. The first kappa shape index (κ1) is 23.7. The molecule has 1 saturated heterocycles. The largest absolute Gasteiger partial charge is 0.480 e. The number of carbonyl (C=O) groups excluding carboxylic acids is 4. The molecule has 2 aromatic carbocycles. The minimum Gasteiger partial charge on any atom is -0.480 e. The van der Waals surface area contributed by atoms with Gasteiger partial charge in [-0.15, -0.1) is 0 Å². The number of nitrogens with zero attached hydrogens (tertiary/aromatic N) is 1. The van der Waals surface area contributed by atoms with E-state index in [-0.39, 0.29) is 12.2 Å². The van der Waals surface area contributed by atoms with E-state index in [2.05, 4.69) is 41.9 Å². The number of aryl methyl sites for hydroxylation is 2. The first-order valence-electron chi connectivity index (χ1n) is 9.29. The minimum atomic E-state index is -0.809. The van der Waals surface area contributed by atoms with Gasteiger partial charge >= 0.3 is 12.0 Å². The van der Waals surface area contributed by atoms with Crippen molar-refractivity contribution in [3.8, 4) is 5.75 Å². The van der Waals surface area contributed by atoms with E-state index < -0.39 is 23.8 Å². The lowest BCUT2D eigenvalue weighted by atomic mass is 10.1. The van der Waals surface area contributed by atoms with Gasteiger partial charge in [0.05, 0.1) is 21.7 Å². The Bertz CT molecular complexity index is 1130. The number of nitrogens with one attached hydrogen (secondary N) is 1. The van der Waals surface area contributed by atoms with E-state index in [9.17, 15) is 19.2 Å². The summed E-state index contributed by atoms with van der Waals surface area (Å²) in [5, 5.41) is 2.21. The third-order valence-corrected chi connectivity index (χ3v) is 5.64. The van der Waals surface area contributed by atoms with Gasteiger partial charge < -0.3 is 9.47 Å². The number of carbonyl (C=O) groups is 4. The molecule has 0 saturated carbocycles. The van der Waals surface area contributed by atoms with Gasteiger partial charge in [-0.3, -0.25) is 14.9 Å². The molecule has 4 amide bonds. The summed E-state index contributed by atoms with van der Waals surface area (Å²) in [7, 11) is 1.25. The molecule has 0 atom stereocenters. The van der Waals surface area contributed by atoms with Gasteiger partial charge in [-0.25, -0.2) is 14.5 Å². The van der Waals surface area contributed by atoms with Crippen LogP contribution in [0.25, 0.3) is 6.08 Å². The Morgan fingerprint density at radius 2 is 1.62 bits per heavy atom. The molecule has 1 aliphatic rings. The van der Waals surface area contributed by atoms with Crippen molar-refractivity contribution >= 4 is 67.4 Å². The summed E-state index contributed by atoms with van der Waals surface area (Å²) in [5.41, 5.74) is 2.40. The lowest BCUT2D eigenvalue weighted by Crippen LogP contribution is -2.54. The number of ether oxygens (including phenoxy) is 2. The topological polar surface area (TPSA) is 102 Å². The molecule has 2 aromatic rings. The molecular weight excluding hydrogens is 548 g/mol. The second-order valence-electron chi connectivity index (χ2n) is 6.98. The number of anilines is 1. The van der Waals surface area contributed by atoms with Crippen molar-refractivity contribution in [2.75, 3.05) is 18.6 Å². The highest BCUT2D eigenvalue weighted by atomic mass is 79.9. The Hall–Kier alpha value is -2.98. The summed E-state index contributed by atoms with van der Waals surface area (Å²) in [6, 6.07) is 7.72. The molecule has 166 valence electrons. The lowest BCUT2D eigenvalue weighted by molar-refractivity contribution is -0.143. The zero-order valence-electron chi connectivity index (χ0n) is 17.3. The lowest BCUT2D eigenvalue weighted by Gasteiger charge is -2.27. The third-order valence-electron chi connectivity index (χ3n) is 4.46. The highest BCUT2D eigenvalue weighted by molar-refractivity contribution is 9.11. The van der Waals surface area contributed by atoms with E-state index >= 15 is 0 Å². The van der Waals surface area contributed by atoms with Crippen molar-refractivity contribution in [1.29, 1.82) is 0 Å². The Morgan fingerprint density at radius 1 is 1.03 bits per heavy atom. The number of hydrogen-bond acceptors (Lipinski definition) is 6. The molecule has 10 heteroatoms. The van der Waals surface area contributed by atoms with Gasteiger partial charge in [-0.1, -0.05) is 6.07 Å². The summed E-state index contributed by atoms with van der Waals surface area (Å²) in [6.07, 6.45) is 1.37. The molecule has 0 aromatic heterocycles. The fourth-order valence-corrected chi connectivity index (χ4v) is 4.58. The maximum Gasteiger partial charge on any atom is 0.343 e. The predicted octanol–water partition coefficient (Wildman–Crippen LogP) is 4.05. The zero-order chi connectivity index (χ0) is 23.6. The molecule has 1 heterocycles. The monoisotopic (exact) mass is 564 g/mol. The molecule has 0 unspecified atom stereocenters. The Labute approximate surface area is 200 Å². The van der Waals surface area contributed by atoms with Crippen LogP contribution in [-0.2, 0) is 19.1 Å². The third kappa shape index (κ3) is 5.08. The number of amides is 4. The summed E-state index contributed by atoms with van der Waals surface area (Å²) in [5.74, 6) is -1.72. The van der Waals surface area contributed by atoms with Crippen LogP contribution in [0.1, 0.15) is 16.7 Å². The number of barbiturate groups is 1. The van der Waals surface area contributed by atoms with Crippen LogP contribution in [-0.4, -0.2) is 37.5 Å². The first-order valence-corrected chi connectivity index (χ1v) is 10.9. The second-order valence-corrected chi connectivity index (χ2v) is 8.69. The maximum absolute atomic E-state index is 13.1. The van der Waals surface area contributed by atoms with Crippen LogP contribution in [0.4, 0.5) is 10.5 Å². The number of benzene rings is 2. The van der Waals surface area contributed by atoms with E-state index in [0.29, 0.717) is 25.9 Å². The fourth-order valence-electron chi connectivity index (χ4n) is 3.13. The average molecular weight is 566 g/mol. The van der Waals surface area contributed by atoms with Gasteiger partial charge in [0, 0.05) is 0 Å². The molecule has 0 aliphatic carbocycles. The van der Waals surface area contributed by atoms with Crippen molar-refractivity contribution in [2.24, 2.45) is 0 Å². The highest BCUT2D eigenvalue weighted by Crippen LogP contribution is 2.36. The summed E-state index contributed by atoms with van der Waals surface area (Å²) < 4.78 is 10.9. The normalized spacial score (nSPS) is 15.1. The summed E-state index contributed by atoms with van der Waals surface area (Å²) in [4.78, 5) is 50.2. The molecule has 1 N–H and O–H groups in total. The molecule has 0 bridgehead atoms. The molecule has 0 spiro atoms. The number of hydrogen-bond donors (Lipinski definition) is 1. The van der Waals surface area contributed by atoms with E-state index in [1.165, 1.54) is 13.2 Å². The average Bonchev–Trinajstić information content (AvgIpc) is 2.69. The molecule has 1 aliphatic heterocycles. The number of rotatable bonds is 5. The van der Waals surface area contributed by atoms with Gasteiger partial charge in [0.15, 0.2) is 6.61 Å². The Kier molecular flexibility index (Phi) is 7.15. The number of esters is 1. The van der Waals surface area contributed by atoms with Gasteiger partial charge in [0.1, 0.15) is 11.3 Å². The number of urea groups is 1. The number of methoxy groups -OCH3 is 1. The second kappa shape index (κ2) is 9.66. The molecule has 1 fully saturated rings. The van der Waals surface area contributed by atoms with Crippen molar-refractivity contribution in [3.63, 3.8) is 0 Å². The molecule has 8 nitrogen and oxygen atoms in total. The van der Waals surface area contributed by atoms with E-state index in [4.69, 9.17) is 4.74 Å². The smallest absolute Gasteiger partial charge is 0.343 e. The van der Waals surface area contributed by atoms with Crippen LogP contribution in [0.5, 0.6) is 5.75 Å².